The van der Waals surface area contributed by atoms with Crippen molar-refractivity contribution in [2.24, 2.45) is 5.92 Å². The predicted molar refractivity (Wildman–Crippen MR) is 89.9 cm³/mol. The summed E-state index contributed by atoms with van der Waals surface area (Å²) in [6, 6.07) is 3.92. The highest BCUT2D eigenvalue weighted by molar-refractivity contribution is 6.35. The van der Waals surface area contributed by atoms with E-state index in [9.17, 15) is 23.6 Å². The number of carbonyl (C=O) groups excluding carboxylic acids is 4. The number of hydrogen-bond acceptors (Lipinski definition) is 4. The molecule has 0 bridgehead atoms. The summed E-state index contributed by atoms with van der Waals surface area (Å²) in [7, 11) is 0. The second-order valence-corrected chi connectivity index (χ2v) is 6.39. The van der Waals surface area contributed by atoms with Gasteiger partial charge in [0.05, 0.1) is 0 Å². The lowest BCUT2D eigenvalue weighted by Crippen LogP contribution is -2.56. The molecule has 26 heavy (non-hydrogen) atoms. The fourth-order valence-electron chi connectivity index (χ4n) is 2.09. The first-order valence-electron chi connectivity index (χ1n) is 8.25. The van der Waals surface area contributed by atoms with E-state index in [0.29, 0.717) is 0 Å². The van der Waals surface area contributed by atoms with Crippen LogP contribution in [0, 0.1) is 11.7 Å². The third-order valence-corrected chi connectivity index (χ3v) is 3.76. The highest BCUT2D eigenvalue weighted by atomic mass is 19.1. The van der Waals surface area contributed by atoms with Crippen molar-refractivity contribution in [2.45, 2.75) is 38.8 Å². The van der Waals surface area contributed by atoms with Gasteiger partial charge in [-0.2, -0.15) is 0 Å². The number of hydrogen-bond donors (Lipinski definition) is 4. The standard InChI is InChI=1S/C17H21FN4O4/c1-9(2)13(20-14(23)10-3-5-11(18)6-4-10)15(24)21-22-17(26)16(25)19-12-7-8-12/h3-6,9,12-13H,7-8H2,1-2H3,(H,19,25)(H,20,23)(H,21,24)(H,22,26)/t13-/m0/s1. The average Bonchev–Trinajstić information content (AvgIpc) is 3.41. The van der Waals surface area contributed by atoms with Gasteiger partial charge in [0.1, 0.15) is 11.9 Å². The zero-order valence-corrected chi connectivity index (χ0v) is 14.5. The molecular weight excluding hydrogens is 343 g/mol. The number of amides is 4. The largest absolute Gasteiger partial charge is 0.345 e. The highest BCUT2D eigenvalue weighted by Crippen LogP contribution is 2.18. The van der Waals surface area contributed by atoms with Gasteiger partial charge in [0.25, 0.3) is 11.8 Å². The Kier molecular flexibility index (Phi) is 6.26. The second-order valence-electron chi connectivity index (χ2n) is 6.39. The summed E-state index contributed by atoms with van der Waals surface area (Å²) in [6.45, 7) is 3.41. The van der Waals surface area contributed by atoms with Gasteiger partial charge in [0.15, 0.2) is 0 Å². The zero-order valence-electron chi connectivity index (χ0n) is 14.5. The Labute approximate surface area is 149 Å². The maximum Gasteiger partial charge on any atom is 0.327 e. The molecule has 1 aliphatic carbocycles. The van der Waals surface area contributed by atoms with Crippen molar-refractivity contribution >= 4 is 23.6 Å². The van der Waals surface area contributed by atoms with Gasteiger partial charge in [-0.15, -0.1) is 0 Å². The van der Waals surface area contributed by atoms with E-state index in [2.05, 4.69) is 16.1 Å². The molecular formula is C17H21FN4O4. The monoisotopic (exact) mass is 364 g/mol. The van der Waals surface area contributed by atoms with E-state index in [-0.39, 0.29) is 17.5 Å². The summed E-state index contributed by atoms with van der Waals surface area (Å²) in [5.41, 5.74) is 4.34. The van der Waals surface area contributed by atoms with Crippen molar-refractivity contribution in [1.29, 1.82) is 0 Å². The Morgan fingerprint density at radius 1 is 1.00 bits per heavy atom. The number of nitrogens with one attached hydrogen (secondary N) is 4. The molecule has 4 amide bonds. The van der Waals surface area contributed by atoms with E-state index < -0.39 is 35.5 Å². The van der Waals surface area contributed by atoms with E-state index in [1.54, 1.807) is 13.8 Å². The normalized spacial score (nSPS) is 14.3. The average molecular weight is 364 g/mol. The van der Waals surface area contributed by atoms with Crippen LogP contribution in [-0.2, 0) is 14.4 Å². The smallest absolute Gasteiger partial charge is 0.327 e. The molecule has 0 heterocycles. The maximum atomic E-state index is 12.9. The molecule has 9 heteroatoms. The van der Waals surface area contributed by atoms with Crippen LogP contribution in [0.5, 0.6) is 0 Å². The molecule has 1 fully saturated rings. The zero-order chi connectivity index (χ0) is 19.3. The molecule has 2 rings (SSSR count). The lowest BCUT2D eigenvalue weighted by atomic mass is 10.0. The van der Waals surface area contributed by atoms with Crippen LogP contribution in [0.15, 0.2) is 24.3 Å². The van der Waals surface area contributed by atoms with Crippen LogP contribution in [0.2, 0.25) is 0 Å². The Morgan fingerprint density at radius 3 is 2.15 bits per heavy atom. The minimum absolute atomic E-state index is 0.0161. The van der Waals surface area contributed by atoms with E-state index in [1.165, 1.54) is 12.1 Å². The summed E-state index contributed by atoms with van der Waals surface area (Å²) < 4.78 is 12.9. The summed E-state index contributed by atoms with van der Waals surface area (Å²) in [4.78, 5) is 47.6. The first kappa shape index (κ1) is 19.4. The number of carbonyl (C=O) groups is 4. The van der Waals surface area contributed by atoms with Gasteiger partial charge >= 0.3 is 11.8 Å². The summed E-state index contributed by atoms with van der Waals surface area (Å²) in [5, 5.41) is 5.01. The number of hydrazine groups is 1. The topological polar surface area (TPSA) is 116 Å². The second kappa shape index (κ2) is 8.41. The lowest BCUT2D eigenvalue weighted by molar-refractivity contribution is -0.141. The van der Waals surface area contributed by atoms with Crippen molar-refractivity contribution in [2.75, 3.05) is 0 Å². The van der Waals surface area contributed by atoms with Gasteiger partial charge in [-0.25, -0.2) is 4.39 Å². The third kappa shape index (κ3) is 5.54. The van der Waals surface area contributed by atoms with Gasteiger partial charge in [0.2, 0.25) is 0 Å². The molecule has 1 aromatic carbocycles. The van der Waals surface area contributed by atoms with Crippen molar-refractivity contribution in [3.8, 4) is 0 Å². The van der Waals surface area contributed by atoms with Gasteiger partial charge in [-0.05, 0) is 43.0 Å². The summed E-state index contributed by atoms with van der Waals surface area (Å²) in [6.07, 6.45) is 1.66. The van der Waals surface area contributed by atoms with Crippen LogP contribution in [0.4, 0.5) is 4.39 Å². The van der Waals surface area contributed by atoms with Crippen LogP contribution in [-0.4, -0.2) is 35.7 Å². The quantitative estimate of drug-likeness (QED) is 0.435. The first-order chi connectivity index (χ1) is 12.3. The molecule has 0 unspecified atom stereocenters. The summed E-state index contributed by atoms with van der Waals surface area (Å²) >= 11 is 0. The SMILES string of the molecule is CC(C)[C@H](NC(=O)c1ccc(F)cc1)C(=O)NNC(=O)C(=O)NC1CC1. The Morgan fingerprint density at radius 2 is 1.62 bits per heavy atom. The molecule has 1 aliphatic rings. The first-order valence-corrected chi connectivity index (χ1v) is 8.25. The van der Waals surface area contributed by atoms with Gasteiger partial charge in [-0.1, -0.05) is 13.8 Å². The maximum absolute atomic E-state index is 12.9. The molecule has 0 radical (unpaired) electrons. The van der Waals surface area contributed by atoms with Gasteiger partial charge < -0.3 is 10.6 Å². The molecule has 0 aromatic heterocycles. The van der Waals surface area contributed by atoms with E-state index in [0.717, 1.165) is 25.0 Å². The van der Waals surface area contributed by atoms with Crippen molar-refractivity contribution < 1.29 is 23.6 Å². The van der Waals surface area contributed by atoms with Crippen LogP contribution in [0.25, 0.3) is 0 Å². The molecule has 0 saturated heterocycles. The van der Waals surface area contributed by atoms with E-state index in [1.807, 2.05) is 5.43 Å². The van der Waals surface area contributed by atoms with E-state index in [4.69, 9.17) is 0 Å². The Balaban J connectivity index is 1.89. The predicted octanol–water partition coefficient (Wildman–Crippen LogP) is 0.00610. The Hall–Kier alpha value is -2.97. The lowest BCUT2D eigenvalue weighted by Gasteiger charge is -2.21. The summed E-state index contributed by atoms with van der Waals surface area (Å²) in [5.74, 6) is -3.83. The molecule has 1 atom stereocenters. The van der Waals surface area contributed by atoms with E-state index >= 15 is 0 Å². The van der Waals surface area contributed by atoms with Crippen LogP contribution >= 0.6 is 0 Å². The third-order valence-electron chi connectivity index (χ3n) is 3.76. The molecule has 0 aliphatic heterocycles. The molecule has 8 nitrogen and oxygen atoms in total. The van der Waals surface area contributed by atoms with Crippen molar-refractivity contribution in [3.05, 3.63) is 35.6 Å². The van der Waals surface area contributed by atoms with Gasteiger partial charge in [-0.3, -0.25) is 30.0 Å². The Bertz CT molecular complexity index is 701. The minimum Gasteiger partial charge on any atom is -0.345 e. The molecule has 0 spiro atoms. The molecule has 4 N–H and O–H groups in total. The van der Waals surface area contributed by atoms with Crippen LogP contribution < -0.4 is 21.5 Å². The van der Waals surface area contributed by atoms with Crippen LogP contribution in [0.1, 0.15) is 37.0 Å². The van der Waals surface area contributed by atoms with Gasteiger partial charge in [0, 0.05) is 11.6 Å². The fraction of sp³-hybridized carbons (Fsp3) is 0.412. The number of benzene rings is 1. The minimum atomic E-state index is -0.988. The van der Waals surface area contributed by atoms with Crippen LogP contribution in [0.3, 0.4) is 0 Å². The number of rotatable bonds is 5. The molecule has 1 aromatic rings. The molecule has 140 valence electrons. The van der Waals surface area contributed by atoms with Crippen molar-refractivity contribution in [1.82, 2.24) is 21.5 Å². The number of halogens is 1. The van der Waals surface area contributed by atoms with Crippen molar-refractivity contribution in [3.63, 3.8) is 0 Å². The molecule has 1 saturated carbocycles. The highest BCUT2D eigenvalue weighted by Gasteiger charge is 2.28. The fourth-order valence-corrected chi connectivity index (χ4v) is 2.09.